The topological polar surface area (TPSA) is 102 Å². The molecule has 6 heteroatoms. The summed E-state index contributed by atoms with van der Waals surface area (Å²) in [5, 5.41) is 11.4. The van der Waals surface area contributed by atoms with Gasteiger partial charge < -0.3 is 20.9 Å². The molecule has 0 bridgehead atoms. The number of carboxylic acids is 1. The van der Waals surface area contributed by atoms with E-state index >= 15 is 0 Å². The van der Waals surface area contributed by atoms with Crippen LogP contribution in [0.5, 0.6) is 0 Å². The average molecular weight is 288 g/mol. The predicted octanol–water partition coefficient (Wildman–Crippen LogP) is 0.994. The molecular weight excluding hydrogens is 260 g/mol. The minimum absolute atomic E-state index is 0.0351. The summed E-state index contributed by atoms with van der Waals surface area (Å²) in [4.78, 5) is 22.7. The van der Waals surface area contributed by atoms with Gasteiger partial charge in [-0.1, -0.05) is 20.8 Å². The first-order valence-electron chi connectivity index (χ1n) is 6.93. The van der Waals surface area contributed by atoms with Crippen molar-refractivity contribution in [2.45, 2.75) is 46.1 Å². The molecule has 2 atom stereocenters. The molecule has 0 rings (SSSR count). The summed E-state index contributed by atoms with van der Waals surface area (Å²) < 4.78 is 4.77. The fraction of sp³-hybridized carbons (Fsp3) is 0.857. The van der Waals surface area contributed by atoms with Crippen LogP contribution in [0.25, 0.3) is 0 Å². The number of carboxylic acid groups (broad SMARTS) is 1. The maximum Gasteiger partial charge on any atom is 0.328 e. The van der Waals surface area contributed by atoms with Crippen LogP contribution in [0.1, 0.15) is 40.0 Å². The molecule has 2 unspecified atom stereocenters. The van der Waals surface area contributed by atoms with Gasteiger partial charge in [-0.2, -0.15) is 0 Å². The molecule has 0 saturated heterocycles. The highest BCUT2D eigenvalue weighted by atomic mass is 16.5. The van der Waals surface area contributed by atoms with E-state index in [0.29, 0.717) is 25.3 Å². The van der Waals surface area contributed by atoms with Gasteiger partial charge in [-0.15, -0.1) is 0 Å². The third-order valence-corrected chi connectivity index (χ3v) is 3.43. The smallest absolute Gasteiger partial charge is 0.328 e. The van der Waals surface area contributed by atoms with Crippen molar-refractivity contribution in [1.82, 2.24) is 5.32 Å². The van der Waals surface area contributed by atoms with Crippen LogP contribution in [0.15, 0.2) is 0 Å². The van der Waals surface area contributed by atoms with Gasteiger partial charge in [0.05, 0.1) is 6.61 Å². The number of nitrogens with one attached hydrogen (secondary N) is 1. The highest BCUT2D eigenvalue weighted by molar-refractivity contribution is 5.83. The fourth-order valence-electron chi connectivity index (χ4n) is 2.12. The van der Waals surface area contributed by atoms with E-state index < -0.39 is 12.0 Å². The summed E-state index contributed by atoms with van der Waals surface area (Å²) in [6, 6.07) is -0.991. The molecule has 0 fully saturated rings. The van der Waals surface area contributed by atoms with Gasteiger partial charge in [0.15, 0.2) is 6.04 Å². The number of hydrogen-bond acceptors (Lipinski definition) is 4. The van der Waals surface area contributed by atoms with E-state index in [2.05, 4.69) is 26.1 Å². The number of hydrogen-bond donors (Lipinski definition) is 3. The van der Waals surface area contributed by atoms with Gasteiger partial charge in [-0.25, -0.2) is 4.79 Å². The summed E-state index contributed by atoms with van der Waals surface area (Å²) in [5.74, 6) is -1.01. The molecule has 1 amide bonds. The number of nitrogens with two attached hydrogens (primary N) is 1. The average Bonchev–Trinajstić information content (AvgIpc) is 2.32. The lowest BCUT2D eigenvalue weighted by Gasteiger charge is -2.30. The van der Waals surface area contributed by atoms with Crippen molar-refractivity contribution < 1.29 is 19.4 Å². The molecule has 0 aliphatic heterocycles. The van der Waals surface area contributed by atoms with Crippen molar-refractivity contribution >= 4 is 11.9 Å². The second-order valence-corrected chi connectivity index (χ2v) is 6.09. The first kappa shape index (κ1) is 18.9. The minimum Gasteiger partial charge on any atom is -0.480 e. The Morgan fingerprint density at radius 3 is 2.30 bits per heavy atom. The number of carbonyl (C=O) groups excluding carboxylic acids is 1. The number of aliphatic carboxylic acids is 1. The summed E-state index contributed by atoms with van der Waals surface area (Å²) in [5.41, 5.74) is 5.68. The van der Waals surface area contributed by atoms with Gasteiger partial charge in [-0.3, -0.25) is 4.79 Å². The molecular formula is C14H28N2O4. The second-order valence-electron chi connectivity index (χ2n) is 6.09. The Morgan fingerprint density at radius 1 is 1.30 bits per heavy atom. The molecule has 0 aromatic rings. The van der Waals surface area contributed by atoms with Crippen LogP contribution in [0, 0.1) is 11.3 Å². The molecule has 4 N–H and O–H groups in total. The lowest BCUT2D eigenvalue weighted by Crippen LogP contribution is -2.44. The van der Waals surface area contributed by atoms with Crippen LogP contribution in [0.3, 0.4) is 0 Å². The Kier molecular flexibility index (Phi) is 8.41. The van der Waals surface area contributed by atoms with Crippen molar-refractivity contribution in [1.29, 1.82) is 0 Å². The van der Waals surface area contributed by atoms with Crippen molar-refractivity contribution in [3.63, 3.8) is 0 Å². The quantitative estimate of drug-likeness (QED) is 0.587. The van der Waals surface area contributed by atoms with Gasteiger partial charge in [0, 0.05) is 13.5 Å². The van der Waals surface area contributed by atoms with Crippen LogP contribution in [0.2, 0.25) is 0 Å². The summed E-state index contributed by atoms with van der Waals surface area (Å²) in [6.45, 7) is 6.92. The standard InChI is InChI=1S/C14H28N2O4/c1-14(2,3)10(7-8-15)5-6-12(17)16-11(9-20-4)13(18)19/h10-11H,5-9,15H2,1-4H3,(H,16,17)(H,18,19). The highest BCUT2D eigenvalue weighted by Crippen LogP contribution is 2.31. The molecule has 6 nitrogen and oxygen atoms in total. The van der Waals surface area contributed by atoms with E-state index in [-0.39, 0.29) is 17.9 Å². The molecule has 0 aromatic heterocycles. The number of carbonyl (C=O) groups is 2. The van der Waals surface area contributed by atoms with Crippen LogP contribution in [0.4, 0.5) is 0 Å². The van der Waals surface area contributed by atoms with Gasteiger partial charge in [0.1, 0.15) is 0 Å². The molecule has 20 heavy (non-hydrogen) atoms. The van der Waals surface area contributed by atoms with E-state index in [1.165, 1.54) is 7.11 Å². The van der Waals surface area contributed by atoms with Gasteiger partial charge >= 0.3 is 5.97 Å². The largest absolute Gasteiger partial charge is 0.480 e. The predicted molar refractivity (Wildman–Crippen MR) is 77.3 cm³/mol. The summed E-state index contributed by atoms with van der Waals surface area (Å²) in [6.07, 6.45) is 1.86. The molecule has 0 saturated carbocycles. The Hall–Kier alpha value is -1.14. The lowest BCUT2D eigenvalue weighted by atomic mass is 9.76. The van der Waals surface area contributed by atoms with E-state index in [0.717, 1.165) is 6.42 Å². The maximum absolute atomic E-state index is 11.8. The Balaban J connectivity index is 4.34. The second kappa shape index (κ2) is 8.92. The van der Waals surface area contributed by atoms with E-state index in [1.807, 2.05) is 0 Å². The highest BCUT2D eigenvalue weighted by Gasteiger charge is 2.25. The zero-order valence-electron chi connectivity index (χ0n) is 12.9. The molecule has 0 aliphatic rings. The van der Waals surface area contributed by atoms with Crippen molar-refractivity contribution in [3.05, 3.63) is 0 Å². The summed E-state index contributed by atoms with van der Waals surface area (Å²) in [7, 11) is 1.40. The monoisotopic (exact) mass is 288 g/mol. The zero-order valence-corrected chi connectivity index (χ0v) is 12.9. The fourth-order valence-corrected chi connectivity index (χ4v) is 2.12. The molecule has 0 aliphatic carbocycles. The molecule has 0 radical (unpaired) electrons. The van der Waals surface area contributed by atoms with Crippen molar-refractivity contribution in [2.24, 2.45) is 17.1 Å². The van der Waals surface area contributed by atoms with Crippen LogP contribution in [-0.4, -0.2) is 43.3 Å². The van der Waals surface area contributed by atoms with Crippen LogP contribution >= 0.6 is 0 Å². The van der Waals surface area contributed by atoms with Gasteiger partial charge in [0.25, 0.3) is 0 Å². The van der Waals surface area contributed by atoms with Crippen molar-refractivity contribution in [2.75, 3.05) is 20.3 Å². The Morgan fingerprint density at radius 2 is 1.90 bits per heavy atom. The number of amides is 1. The summed E-state index contributed by atoms with van der Waals surface area (Å²) >= 11 is 0. The minimum atomic E-state index is -1.09. The molecule has 0 aromatic carbocycles. The first-order chi connectivity index (χ1) is 9.22. The molecule has 0 spiro atoms. The third kappa shape index (κ3) is 7.45. The number of rotatable bonds is 9. The normalized spacial score (nSPS) is 14.7. The lowest BCUT2D eigenvalue weighted by molar-refractivity contribution is -0.143. The van der Waals surface area contributed by atoms with E-state index in [1.54, 1.807) is 0 Å². The van der Waals surface area contributed by atoms with Gasteiger partial charge in [0.2, 0.25) is 5.91 Å². The first-order valence-corrected chi connectivity index (χ1v) is 6.93. The van der Waals surface area contributed by atoms with Crippen LogP contribution in [-0.2, 0) is 14.3 Å². The molecule has 118 valence electrons. The van der Waals surface area contributed by atoms with Crippen LogP contribution < -0.4 is 11.1 Å². The van der Waals surface area contributed by atoms with E-state index in [9.17, 15) is 9.59 Å². The number of methoxy groups -OCH3 is 1. The van der Waals surface area contributed by atoms with Crippen molar-refractivity contribution in [3.8, 4) is 0 Å². The Bertz CT molecular complexity index is 313. The third-order valence-electron chi connectivity index (χ3n) is 3.43. The van der Waals surface area contributed by atoms with Gasteiger partial charge in [-0.05, 0) is 30.7 Å². The zero-order chi connectivity index (χ0) is 15.8. The maximum atomic E-state index is 11.8. The Labute approximate surface area is 121 Å². The molecule has 0 heterocycles. The van der Waals surface area contributed by atoms with E-state index in [4.69, 9.17) is 15.6 Å². The number of ether oxygens (including phenoxy) is 1. The SMILES string of the molecule is COCC(NC(=O)CCC(CCN)C(C)(C)C)C(=O)O.